The van der Waals surface area contributed by atoms with E-state index < -0.39 is 36.9 Å². The van der Waals surface area contributed by atoms with Gasteiger partial charge in [-0.05, 0) is 156 Å². The Morgan fingerprint density at radius 3 is 2.19 bits per heavy atom. The van der Waals surface area contributed by atoms with E-state index in [1.165, 1.54) is 18.1 Å². The smallest absolute Gasteiger partial charge is 0.410 e. The molecule has 5 aromatic rings. The summed E-state index contributed by atoms with van der Waals surface area (Å²) in [6.07, 6.45) is 9.05. The number of nitrogens with one attached hydrogen (secondary N) is 1. The summed E-state index contributed by atoms with van der Waals surface area (Å²) in [5.41, 5.74) is 4.44. The van der Waals surface area contributed by atoms with Crippen LogP contribution in [-0.4, -0.2) is 178 Å². The number of hydrogen-bond acceptors (Lipinski definition) is 15. The van der Waals surface area contributed by atoms with E-state index in [0.29, 0.717) is 114 Å². The largest absolute Gasteiger partial charge is 0.468 e. The van der Waals surface area contributed by atoms with Crippen LogP contribution in [0.3, 0.4) is 0 Å². The fraction of sp³-hybridized carbons (Fsp3) is 0.592. The molecule has 1 saturated carbocycles. The molecule has 0 spiro atoms. The topological polar surface area (TPSA) is 191 Å². The molecule has 1 aliphatic carbocycles. The van der Waals surface area contributed by atoms with Gasteiger partial charge in [0, 0.05) is 94.6 Å². The number of likely N-dealkylation sites (tertiary alicyclic amines) is 2. The van der Waals surface area contributed by atoms with Gasteiger partial charge in [-0.15, -0.1) is 5.54 Å². The molecule has 5 amide bonds. The Morgan fingerprint density at radius 1 is 0.851 bits per heavy atom. The lowest BCUT2D eigenvalue weighted by Gasteiger charge is -2.42. The van der Waals surface area contributed by atoms with Gasteiger partial charge in [0.15, 0.2) is 12.6 Å². The number of piperidine rings is 2. The van der Waals surface area contributed by atoms with E-state index in [4.69, 9.17) is 55.0 Å². The highest BCUT2D eigenvalue weighted by Gasteiger charge is 2.48. The maximum Gasteiger partial charge on any atom is 0.410 e. The van der Waals surface area contributed by atoms with E-state index in [0.717, 1.165) is 64.6 Å². The maximum atomic E-state index is 18.3. The van der Waals surface area contributed by atoms with E-state index in [1.807, 2.05) is 25.7 Å². The number of carbonyl (C=O) groups excluding carboxylic acids is 4. The Balaban J connectivity index is 0.778. The zero-order chi connectivity index (χ0) is 67.0. The Bertz CT molecular complexity index is 3690. The molecular weight excluding hydrogens is 1240 g/mol. The van der Waals surface area contributed by atoms with Gasteiger partial charge in [-0.25, -0.2) is 18.4 Å². The Kier molecular flexibility index (Phi) is 20.5. The van der Waals surface area contributed by atoms with Crippen LogP contribution in [0.4, 0.5) is 29.9 Å². The van der Waals surface area contributed by atoms with Crippen molar-refractivity contribution in [3.63, 3.8) is 0 Å². The lowest BCUT2D eigenvalue weighted by atomic mass is 9.91. The number of carbonyl (C=O) groups is 4. The summed E-state index contributed by atoms with van der Waals surface area (Å²) in [6.45, 7) is 24.8. The number of ether oxygens (including phenoxy) is 6. The monoisotopic (exact) mass is 1330 g/mol. The summed E-state index contributed by atoms with van der Waals surface area (Å²) in [4.78, 5) is 76.3. The number of piperazine rings is 1. The highest BCUT2D eigenvalue weighted by molar-refractivity contribution is 6.90. The molecule has 94 heavy (non-hydrogen) atoms. The second-order valence-corrected chi connectivity index (χ2v) is 34.8. The van der Waals surface area contributed by atoms with Crippen molar-refractivity contribution >= 4 is 76.8 Å². The second kappa shape index (κ2) is 28.1. The van der Waals surface area contributed by atoms with Crippen molar-refractivity contribution in [3.05, 3.63) is 76.4 Å². The normalized spacial score (nSPS) is 20.1. The van der Waals surface area contributed by atoms with E-state index in [2.05, 4.69) is 68.1 Å². The van der Waals surface area contributed by atoms with Gasteiger partial charge in [-0.1, -0.05) is 65.1 Å². The maximum absolute atomic E-state index is 18.3. The summed E-state index contributed by atoms with van der Waals surface area (Å²) >= 11 is 6.47. The Morgan fingerprint density at radius 2 is 1.55 bits per heavy atom. The van der Waals surface area contributed by atoms with E-state index in [-0.39, 0.29) is 94.6 Å². The number of urea groups is 1. The summed E-state index contributed by atoms with van der Waals surface area (Å²) in [5.74, 6) is 2.94. The summed E-state index contributed by atoms with van der Waals surface area (Å²) in [5, 5.41) is 4.02. The predicted octanol–water partition coefficient (Wildman–Crippen LogP) is 13.0. The van der Waals surface area contributed by atoms with Crippen LogP contribution in [0, 0.1) is 34.4 Å². The van der Waals surface area contributed by atoms with E-state index >= 15 is 8.78 Å². The lowest BCUT2D eigenvalue weighted by molar-refractivity contribution is -0.120. The minimum Gasteiger partial charge on any atom is -0.468 e. The quantitative estimate of drug-likeness (QED) is 0.0316. The summed E-state index contributed by atoms with van der Waals surface area (Å²) in [7, 11) is 0.857. The van der Waals surface area contributed by atoms with Gasteiger partial charge in [0.25, 0.3) is 5.91 Å². The van der Waals surface area contributed by atoms with Crippen LogP contribution < -0.4 is 24.6 Å². The molecule has 0 radical (unpaired) electrons. The number of methoxy groups -OCH3 is 2. The van der Waals surface area contributed by atoms with Crippen molar-refractivity contribution in [1.82, 2.24) is 35.0 Å². The van der Waals surface area contributed by atoms with Gasteiger partial charge in [-0.3, -0.25) is 29.7 Å². The van der Waals surface area contributed by atoms with Crippen LogP contribution >= 0.6 is 11.6 Å². The molecule has 19 nitrogen and oxygen atoms in total. The van der Waals surface area contributed by atoms with Crippen molar-refractivity contribution in [2.24, 2.45) is 11.3 Å². The van der Waals surface area contributed by atoms with Crippen LogP contribution in [0.25, 0.3) is 32.9 Å². The first-order valence-electron chi connectivity index (χ1n) is 33.6. The van der Waals surface area contributed by atoms with Crippen LogP contribution in [0.2, 0.25) is 21.6 Å². The van der Waals surface area contributed by atoms with Crippen molar-refractivity contribution in [3.8, 4) is 34.5 Å². The number of nitrogens with zero attached hydrogens (tertiary/aromatic N) is 8. The Hall–Kier alpha value is -6.74. The zero-order valence-corrected chi connectivity index (χ0v) is 58.2. The van der Waals surface area contributed by atoms with Gasteiger partial charge in [0.1, 0.15) is 42.3 Å². The minimum atomic E-state index is -2.37. The van der Waals surface area contributed by atoms with Gasteiger partial charge in [0.2, 0.25) is 5.91 Å². The van der Waals surface area contributed by atoms with Crippen molar-refractivity contribution in [1.29, 1.82) is 0 Å². The van der Waals surface area contributed by atoms with Crippen LogP contribution in [0.1, 0.15) is 142 Å². The first-order valence-corrected chi connectivity index (χ1v) is 36.2. The molecule has 5 aliphatic heterocycles. The molecule has 6 fully saturated rings. The summed E-state index contributed by atoms with van der Waals surface area (Å²) in [6, 6.07) is 10.5. The fourth-order valence-corrected chi connectivity index (χ4v) is 20.7. The van der Waals surface area contributed by atoms with Crippen molar-refractivity contribution in [2.75, 3.05) is 103 Å². The number of fused-ring (bicyclic) bond motifs is 4. The van der Waals surface area contributed by atoms with Crippen LogP contribution in [0.15, 0.2) is 48.7 Å². The number of rotatable bonds is 21. The second-order valence-electron chi connectivity index (χ2n) is 28.8. The van der Waals surface area contributed by atoms with Gasteiger partial charge >= 0.3 is 18.1 Å². The van der Waals surface area contributed by atoms with Crippen molar-refractivity contribution in [2.45, 2.75) is 166 Å². The summed E-state index contributed by atoms with van der Waals surface area (Å²) < 4.78 is 71.3. The average molecular weight is 1330 g/mol. The number of aromatic nitrogens is 3. The molecule has 2 unspecified atom stereocenters. The number of imide groups is 1. The molecule has 7 heterocycles. The highest BCUT2D eigenvalue weighted by atomic mass is 35.5. The number of pyridine rings is 1. The van der Waals surface area contributed by atoms with Gasteiger partial charge in [-0.2, -0.15) is 9.97 Å². The predicted molar refractivity (Wildman–Crippen MR) is 361 cm³/mol. The number of amides is 5. The fourth-order valence-electron chi connectivity index (χ4n) is 15.3. The molecule has 2 bridgehead atoms. The van der Waals surface area contributed by atoms with E-state index in [9.17, 15) is 19.2 Å². The number of halogens is 3. The SMILES string of the molecule is COCOc1cc(-c2ncc3c(N4CC5CCC(C4)N5C(=O)OC(C)(C)C)nc(OCC4(CN5CCC(CCOCC6(OC)CCN(C(=O)c7ccc(Cl)c(N8CCC(=O)NC8=O)c7)CC6)CC5)CC4)nc3c2F)c2c(C#C[Si](C(C)C)(C(C)C)C(C)C)c(F)ccc2c1. The zero-order valence-electron chi connectivity index (χ0n) is 56.4. The van der Waals surface area contributed by atoms with Crippen LogP contribution in [0.5, 0.6) is 11.8 Å². The lowest BCUT2D eigenvalue weighted by Crippen LogP contribution is -2.57. The molecule has 506 valence electrons. The molecule has 6 aliphatic rings. The van der Waals surface area contributed by atoms with Gasteiger partial charge < -0.3 is 43.1 Å². The van der Waals surface area contributed by atoms with E-state index in [1.54, 1.807) is 54.6 Å². The van der Waals surface area contributed by atoms with Gasteiger partial charge in [0.05, 0.1) is 52.6 Å². The Labute approximate surface area is 557 Å². The van der Waals surface area contributed by atoms with Crippen molar-refractivity contribution < 1.29 is 56.4 Å². The first-order chi connectivity index (χ1) is 44.8. The number of anilines is 2. The third-order valence-electron chi connectivity index (χ3n) is 20.6. The molecule has 1 N–H and O–H groups in total. The minimum absolute atomic E-state index is 0.00183. The molecule has 11 rings (SSSR count). The number of benzene rings is 3. The standard InChI is InChI=1S/C71H92ClF2N9O10Si/c1-44(2)94(45(3)4,46(5)6)33-22-53-57(73)17-13-48-34-52(92-43-88-10)36-54(60(48)53)62-61(74)63-55(37-75-62)64(81-38-50-14-15-51(39-81)83(50)68(87)93-69(7,8)9)78-66(77-63)91-41-70(23-24-70)40-79-27-18-47(19-28-79)21-32-90-42-71(89-11)25-30-80(31-26-71)65(85)49-12-16-56(72)58(35-49)82-29-20-59(84)76-67(82)86/h12-13,16-17,34-37,44-47,50-51H,14-15,18-21,23-32,38-43H2,1-11H3,(H,76,84,86). The first kappa shape index (κ1) is 68.6. The molecule has 5 saturated heterocycles. The molecular formula is C71H92ClF2N9O10Si. The number of hydrogen-bond donors (Lipinski definition) is 1. The molecule has 2 aromatic heterocycles. The highest BCUT2D eigenvalue weighted by Crippen LogP contribution is 2.48. The van der Waals surface area contributed by atoms with Crippen LogP contribution in [-0.2, 0) is 23.7 Å². The average Bonchev–Trinajstić information content (AvgIpc) is 0.931. The molecule has 3 aromatic carbocycles. The molecule has 2 atom stereocenters. The molecule has 23 heteroatoms. The third-order valence-corrected chi connectivity index (χ3v) is 27.2. The third kappa shape index (κ3) is 14.5.